The van der Waals surface area contributed by atoms with Gasteiger partial charge < -0.3 is 59.1 Å². The van der Waals surface area contributed by atoms with Gasteiger partial charge >= 0.3 is 22.8 Å². The fourth-order valence-corrected chi connectivity index (χ4v) is 14.0. The highest BCUT2D eigenvalue weighted by Gasteiger charge is 2.43. The molecule has 96 heavy (non-hydrogen) atoms. The average molecular weight is 1330 g/mol. The Kier molecular flexibility index (Phi) is 17.1. The predicted octanol–water partition coefficient (Wildman–Crippen LogP) is -2.58. The summed E-state index contributed by atoms with van der Waals surface area (Å²) in [5, 5.41) is 13.0. The highest BCUT2D eigenvalue weighted by molar-refractivity contribution is 5.56. The summed E-state index contributed by atoms with van der Waals surface area (Å²) in [5.41, 5.74) is 5.49. The van der Waals surface area contributed by atoms with Gasteiger partial charge in [-0.1, -0.05) is 13.8 Å². The topological polar surface area (TPSA) is 452 Å². The van der Waals surface area contributed by atoms with Crippen LogP contribution in [-0.2, 0) is 0 Å². The molecule has 512 valence electrons. The van der Waals surface area contributed by atoms with Crippen LogP contribution in [0, 0.1) is 23.2 Å². The minimum absolute atomic E-state index is 0.0311. The molecule has 8 fully saturated rings. The average Bonchev–Trinajstić information content (AvgIpc) is 1.34. The number of aliphatic hydroxyl groups is 1. The van der Waals surface area contributed by atoms with Crippen LogP contribution >= 0.6 is 0 Å². The molecule has 4 aliphatic carbocycles. The Labute approximate surface area is 546 Å². The van der Waals surface area contributed by atoms with Crippen LogP contribution < -0.4 is 99.0 Å². The molecule has 0 spiro atoms. The summed E-state index contributed by atoms with van der Waals surface area (Å²) in [7, 11) is 1.96. The monoisotopic (exact) mass is 1320 g/mol. The number of fused-ring (bicyclic) bond motifs is 4. The van der Waals surface area contributed by atoms with Gasteiger partial charge in [0, 0.05) is 70.4 Å². The van der Waals surface area contributed by atoms with Gasteiger partial charge in [0.2, 0.25) is 23.8 Å². The molecule has 8 aromatic rings. The van der Waals surface area contributed by atoms with Gasteiger partial charge in [-0.25, -0.2) is 56.7 Å². The van der Waals surface area contributed by atoms with Crippen molar-refractivity contribution in [2.24, 2.45) is 28.9 Å². The molecule has 8 aliphatic rings. The zero-order valence-corrected chi connectivity index (χ0v) is 54.8. The van der Waals surface area contributed by atoms with Crippen LogP contribution in [0.4, 0.5) is 23.8 Å². The summed E-state index contributed by atoms with van der Waals surface area (Å²) >= 11 is 0. The number of hydrogen-bond donors (Lipinski definition) is 7. The third kappa shape index (κ3) is 12.1. The van der Waals surface area contributed by atoms with E-state index in [1.807, 2.05) is 18.9 Å². The van der Waals surface area contributed by atoms with Crippen molar-refractivity contribution in [2.45, 2.75) is 154 Å². The predicted molar refractivity (Wildman–Crippen MR) is 358 cm³/mol. The lowest BCUT2D eigenvalue weighted by molar-refractivity contribution is 0.136. The fourth-order valence-electron chi connectivity index (χ4n) is 14.0. The molecule has 0 aromatic carbocycles. The number of nitrogens with zero attached hydrogens (tertiary/aromatic N) is 20. The molecule has 8 aromatic heterocycles. The smallest absolute Gasteiger partial charge is 0.356 e. The maximum absolute atomic E-state index is 12.5. The number of aliphatic hydroxyl groups excluding tert-OH is 1. The molecular formula is C61H84N26O9. The number of rotatable bonds is 12. The van der Waals surface area contributed by atoms with Crippen LogP contribution in [0.1, 0.15) is 158 Å². The molecule has 35 heteroatoms. The molecule has 3 unspecified atom stereocenters. The number of nitrogens with two attached hydrogens (primary N) is 5. The van der Waals surface area contributed by atoms with Crippen LogP contribution in [0.3, 0.4) is 0 Å². The Bertz CT molecular complexity index is 4870. The molecule has 4 aliphatic heterocycles. The van der Waals surface area contributed by atoms with E-state index >= 15 is 0 Å². The highest BCUT2D eigenvalue weighted by atomic mass is 16.3. The van der Waals surface area contributed by atoms with Crippen molar-refractivity contribution in [1.82, 2.24) is 81.5 Å². The van der Waals surface area contributed by atoms with Gasteiger partial charge in [0.1, 0.15) is 25.3 Å². The minimum atomic E-state index is -0.644. The summed E-state index contributed by atoms with van der Waals surface area (Å²) in [6, 6.07) is 0.476. The molecule has 35 nitrogen and oxygen atoms in total. The SMILES string of the molecule is CC(N)C1CN(c2ncn3c(=O)n(N)c(=O)c(C4CC4)c3n2)CC1(C)C.CN[C@@H](C)[C@@H]1CCN(c2ncn3c(=O)n(N)c(=O)c(C4CC4)c3n2)C1.C[C@H](O)C1CCN(c2ncn3c(=O)n(N)c(=O)c(C4CC4)c3n2)C1.Nn1c(=O)c(C2CC2)c2nc(N3CCCC3)ncn2c1=O. The van der Waals surface area contributed by atoms with Crippen LogP contribution in [-0.4, -0.2) is 159 Å². The van der Waals surface area contributed by atoms with E-state index in [1.54, 1.807) is 6.92 Å². The lowest BCUT2D eigenvalue weighted by Crippen LogP contribution is -2.44. The molecule has 12 N–H and O–H groups in total. The number of nitrogen functional groups attached to an aromatic ring is 4. The van der Waals surface area contributed by atoms with Crippen molar-refractivity contribution < 1.29 is 5.11 Å². The summed E-state index contributed by atoms with van der Waals surface area (Å²) in [6.07, 6.45) is 16.8. The Morgan fingerprint density at radius 2 is 0.771 bits per heavy atom. The lowest BCUT2D eigenvalue weighted by Gasteiger charge is -2.27. The second-order valence-corrected chi connectivity index (χ2v) is 27.8. The zero-order chi connectivity index (χ0) is 68.1. The second-order valence-electron chi connectivity index (χ2n) is 27.8. The molecule has 6 atom stereocenters. The largest absolute Gasteiger partial charge is 0.393 e. The number of nitrogens with one attached hydrogen (secondary N) is 1. The Hall–Kier alpha value is -9.64. The van der Waals surface area contributed by atoms with Gasteiger partial charge in [-0.15, -0.1) is 0 Å². The highest BCUT2D eigenvalue weighted by Crippen LogP contribution is 2.43. The van der Waals surface area contributed by atoms with E-state index in [1.165, 1.54) is 42.9 Å². The molecule has 0 bridgehead atoms. The van der Waals surface area contributed by atoms with E-state index in [0.29, 0.717) is 112 Å². The van der Waals surface area contributed by atoms with Gasteiger partial charge in [-0.2, -0.15) is 38.6 Å². The third-order valence-corrected chi connectivity index (χ3v) is 20.4. The molecule has 4 saturated heterocycles. The van der Waals surface area contributed by atoms with E-state index in [2.05, 4.69) is 80.7 Å². The zero-order valence-electron chi connectivity index (χ0n) is 54.8. The van der Waals surface area contributed by atoms with E-state index in [4.69, 9.17) is 29.1 Å². The molecular weight excluding hydrogens is 1240 g/mol. The van der Waals surface area contributed by atoms with Crippen molar-refractivity contribution in [3.63, 3.8) is 0 Å². The first kappa shape index (κ1) is 65.0. The van der Waals surface area contributed by atoms with Gasteiger partial charge in [0.15, 0.2) is 22.6 Å². The van der Waals surface area contributed by atoms with E-state index < -0.39 is 45.0 Å². The normalized spacial score (nSPS) is 21.7. The van der Waals surface area contributed by atoms with Crippen LogP contribution in [0.15, 0.2) is 63.7 Å². The Morgan fingerprint density at radius 3 is 1.06 bits per heavy atom. The fraction of sp³-hybridized carbons (Fsp3) is 0.607. The van der Waals surface area contributed by atoms with Crippen molar-refractivity contribution in [2.75, 3.05) is 102 Å². The molecule has 12 heterocycles. The molecule has 16 rings (SSSR count). The third-order valence-electron chi connectivity index (χ3n) is 20.4. The van der Waals surface area contributed by atoms with E-state index in [9.17, 15) is 43.5 Å². The van der Waals surface area contributed by atoms with Crippen molar-refractivity contribution in [3.05, 3.63) is 131 Å². The van der Waals surface area contributed by atoms with E-state index in [0.717, 1.165) is 123 Å². The number of hydrogen-bond acceptors (Lipinski definition) is 27. The molecule has 4 saturated carbocycles. The van der Waals surface area contributed by atoms with Gasteiger partial charge in [0.25, 0.3) is 22.2 Å². The quantitative estimate of drug-likeness (QED) is 0.0618. The summed E-state index contributed by atoms with van der Waals surface area (Å²) in [6.45, 7) is 16.8. The van der Waals surface area contributed by atoms with Crippen molar-refractivity contribution >= 4 is 46.4 Å². The van der Waals surface area contributed by atoms with Crippen molar-refractivity contribution in [1.29, 1.82) is 0 Å². The number of anilines is 4. The standard InChI is InChI=1S/C17H25N7O2.C16H23N7O2.C15H20N6O3.C13H16N6O2/c1-9(18)11-6-22(7-17(11,2)3)15-20-8-23-13(21-15)12(10-4-5-10)14(25)24(19)16(23)26;1-9(18-2)11-5-6-21(7-11)15-19-8-22-13(20-15)12(10-3-4-10)14(24)23(17)16(22)25;1-8(22)10-4-5-19(6-10)14-17-7-20-12(18-14)11(9-2-3-9)13(23)21(16)15(20)24;14-19-11(20)9(8-3-4-8)10-16-12(17-5-1-2-6-17)15-7-18(10)13(19)21/h8-11H,4-7,18-19H2,1-3H3;8-11,18H,3-7,17H2,1-2H3;7-10,22H,2-6,16H2,1H3;7-8H,1-6,14H2/t;9-,11+;8-,10?;/m.00./s1. The number of aromatic nitrogens is 16. The van der Waals surface area contributed by atoms with Crippen molar-refractivity contribution in [3.8, 4) is 0 Å². The maximum Gasteiger partial charge on any atom is 0.356 e. The summed E-state index contributed by atoms with van der Waals surface area (Å²) < 4.78 is 7.64. The van der Waals surface area contributed by atoms with Gasteiger partial charge in [0.05, 0.1) is 28.4 Å². The van der Waals surface area contributed by atoms with Crippen LogP contribution in [0.5, 0.6) is 0 Å². The summed E-state index contributed by atoms with van der Waals surface area (Å²) in [4.78, 5) is 142. The lowest BCUT2D eigenvalue weighted by atomic mass is 9.78. The van der Waals surface area contributed by atoms with Gasteiger partial charge in [-0.05, 0) is 146 Å². The minimum Gasteiger partial charge on any atom is -0.393 e. The first-order chi connectivity index (χ1) is 45.8. The summed E-state index contributed by atoms with van der Waals surface area (Å²) in [5.74, 6) is 26.2. The Morgan fingerprint density at radius 1 is 0.458 bits per heavy atom. The van der Waals surface area contributed by atoms with Gasteiger partial charge in [-0.3, -0.25) is 19.2 Å². The first-order valence-electron chi connectivity index (χ1n) is 33.1. The first-order valence-corrected chi connectivity index (χ1v) is 33.1. The van der Waals surface area contributed by atoms with Crippen LogP contribution in [0.2, 0.25) is 0 Å². The molecule has 0 amide bonds. The van der Waals surface area contributed by atoms with Crippen LogP contribution in [0.25, 0.3) is 22.6 Å². The Balaban J connectivity index is 0.000000116. The second kappa shape index (κ2) is 25.2. The maximum atomic E-state index is 12.5. The molecule has 0 radical (unpaired) electrons. The van der Waals surface area contributed by atoms with E-state index in [-0.39, 0.29) is 47.2 Å².